The topological polar surface area (TPSA) is 51.6 Å². The number of hydrogen-bond acceptors (Lipinski definition) is 4. The molecule has 60 valence electrons. The number of aromatic nitrogens is 4. The summed E-state index contributed by atoms with van der Waals surface area (Å²) < 4.78 is 0. The Hall–Kier alpha value is -1.06. The Morgan fingerprint density at radius 1 is 1.09 bits per heavy atom. The molecule has 0 saturated carbocycles. The van der Waals surface area contributed by atoms with Gasteiger partial charge in [-0.05, 0) is 12.8 Å². The van der Waals surface area contributed by atoms with Gasteiger partial charge >= 0.3 is 0 Å². The van der Waals surface area contributed by atoms with Crippen molar-refractivity contribution in [2.24, 2.45) is 5.92 Å². The van der Waals surface area contributed by atoms with E-state index >= 15 is 0 Å². The molecule has 0 unspecified atom stereocenters. The summed E-state index contributed by atoms with van der Waals surface area (Å²) in [5.74, 6) is 1.91. The molecular weight excluding hydrogens is 140 g/mol. The quantitative estimate of drug-likeness (QED) is 0.628. The van der Waals surface area contributed by atoms with E-state index in [2.05, 4.69) is 34.2 Å². The van der Waals surface area contributed by atoms with Gasteiger partial charge in [-0.15, -0.1) is 20.4 Å². The lowest BCUT2D eigenvalue weighted by Gasteiger charge is -1.99. The Kier molecular flexibility index (Phi) is 2.46. The molecule has 11 heavy (non-hydrogen) atoms. The van der Waals surface area contributed by atoms with E-state index in [0.717, 1.165) is 12.2 Å². The molecular formula is C7H12N4. The molecule has 0 N–H and O–H groups in total. The van der Waals surface area contributed by atoms with Crippen molar-refractivity contribution in [2.45, 2.75) is 27.2 Å². The van der Waals surface area contributed by atoms with Gasteiger partial charge in [-0.25, -0.2) is 0 Å². The van der Waals surface area contributed by atoms with E-state index in [-0.39, 0.29) is 0 Å². The van der Waals surface area contributed by atoms with Gasteiger partial charge in [0.2, 0.25) is 0 Å². The summed E-state index contributed by atoms with van der Waals surface area (Å²) in [6.45, 7) is 6.01. The fourth-order valence-electron chi connectivity index (χ4n) is 0.747. The van der Waals surface area contributed by atoms with Crippen molar-refractivity contribution < 1.29 is 0 Å². The van der Waals surface area contributed by atoms with Crippen LogP contribution in [-0.2, 0) is 6.42 Å². The van der Waals surface area contributed by atoms with Crippen molar-refractivity contribution in [3.05, 3.63) is 11.6 Å². The van der Waals surface area contributed by atoms with Crippen molar-refractivity contribution in [1.82, 2.24) is 20.4 Å². The predicted octanol–water partition coefficient (Wildman–Crippen LogP) is 0.774. The first kappa shape index (κ1) is 8.04. The summed E-state index contributed by atoms with van der Waals surface area (Å²) in [5, 5.41) is 15.4. The van der Waals surface area contributed by atoms with Gasteiger partial charge in [0.25, 0.3) is 0 Å². The van der Waals surface area contributed by atoms with Crippen LogP contribution >= 0.6 is 0 Å². The molecule has 4 heteroatoms. The average Bonchev–Trinajstić information content (AvgIpc) is 1.93. The van der Waals surface area contributed by atoms with Crippen molar-refractivity contribution in [2.75, 3.05) is 0 Å². The third-order valence-electron chi connectivity index (χ3n) is 1.21. The fourth-order valence-corrected chi connectivity index (χ4v) is 0.747. The van der Waals surface area contributed by atoms with Gasteiger partial charge in [-0.3, -0.25) is 0 Å². The van der Waals surface area contributed by atoms with Gasteiger partial charge in [0.1, 0.15) is 0 Å². The zero-order valence-electron chi connectivity index (χ0n) is 7.07. The lowest BCUT2D eigenvalue weighted by atomic mass is 10.1. The second-order valence-corrected chi connectivity index (χ2v) is 2.96. The largest absolute Gasteiger partial charge is 0.173 e. The minimum absolute atomic E-state index is 0.557. The van der Waals surface area contributed by atoms with Gasteiger partial charge in [0, 0.05) is 6.42 Å². The van der Waals surface area contributed by atoms with Gasteiger partial charge in [-0.1, -0.05) is 13.8 Å². The minimum Gasteiger partial charge on any atom is -0.132 e. The maximum atomic E-state index is 3.89. The van der Waals surface area contributed by atoms with Crippen molar-refractivity contribution >= 4 is 0 Å². The average molecular weight is 152 g/mol. The van der Waals surface area contributed by atoms with Crippen molar-refractivity contribution in [1.29, 1.82) is 0 Å². The van der Waals surface area contributed by atoms with E-state index in [4.69, 9.17) is 0 Å². The maximum Gasteiger partial charge on any atom is 0.173 e. The summed E-state index contributed by atoms with van der Waals surface area (Å²) >= 11 is 0. The summed E-state index contributed by atoms with van der Waals surface area (Å²) in [6, 6.07) is 0. The Morgan fingerprint density at radius 3 is 2.09 bits per heavy atom. The highest BCUT2D eigenvalue weighted by atomic mass is 15.3. The third-order valence-corrected chi connectivity index (χ3v) is 1.21. The molecule has 0 aliphatic rings. The van der Waals surface area contributed by atoms with Crippen molar-refractivity contribution in [3.63, 3.8) is 0 Å². The van der Waals surface area contributed by atoms with Crippen LogP contribution in [0.25, 0.3) is 0 Å². The fraction of sp³-hybridized carbons (Fsp3) is 0.714. The SMILES string of the molecule is Cc1nnc(CC(C)C)nn1. The molecule has 4 nitrogen and oxygen atoms in total. The first-order valence-electron chi connectivity index (χ1n) is 3.71. The lowest BCUT2D eigenvalue weighted by Crippen LogP contribution is -2.05. The molecule has 0 bridgehead atoms. The van der Waals surface area contributed by atoms with Crippen molar-refractivity contribution in [3.8, 4) is 0 Å². The standard InChI is InChI=1S/C7H12N4/c1-5(2)4-7-10-8-6(3)9-11-7/h5H,4H2,1-3H3. The molecule has 0 saturated heterocycles. The van der Waals surface area contributed by atoms with Crippen LogP contribution in [0.3, 0.4) is 0 Å². The highest BCUT2D eigenvalue weighted by Gasteiger charge is 2.00. The molecule has 1 rings (SSSR count). The molecule has 0 amide bonds. The van der Waals surface area contributed by atoms with Crippen LogP contribution in [0.5, 0.6) is 0 Å². The lowest BCUT2D eigenvalue weighted by molar-refractivity contribution is 0.592. The summed E-state index contributed by atoms with van der Waals surface area (Å²) in [5.41, 5.74) is 0. The summed E-state index contributed by atoms with van der Waals surface area (Å²) in [7, 11) is 0. The maximum absolute atomic E-state index is 3.89. The molecule has 1 heterocycles. The molecule has 0 aliphatic carbocycles. The highest BCUT2D eigenvalue weighted by molar-refractivity contribution is 4.80. The zero-order chi connectivity index (χ0) is 8.27. The van der Waals surface area contributed by atoms with Gasteiger partial charge in [-0.2, -0.15) is 0 Å². The molecule has 0 radical (unpaired) electrons. The molecule has 0 fully saturated rings. The number of rotatable bonds is 2. The van der Waals surface area contributed by atoms with Crippen LogP contribution in [0.15, 0.2) is 0 Å². The Morgan fingerprint density at radius 2 is 1.64 bits per heavy atom. The molecule has 1 aromatic rings. The van der Waals surface area contributed by atoms with Crippen LogP contribution in [0.1, 0.15) is 25.5 Å². The second kappa shape index (κ2) is 3.37. The van der Waals surface area contributed by atoms with E-state index in [9.17, 15) is 0 Å². The van der Waals surface area contributed by atoms with Gasteiger partial charge in [0.15, 0.2) is 11.6 Å². The van der Waals surface area contributed by atoms with Gasteiger partial charge in [0.05, 0.1) is 0 Å². The smallest absolute Gasteiger partial charge is 0.132 e. The van der Waals surface area contributed by atoms with Crippen LogP contribution in [0.4, 0.5) is 0 Å². The van der Waals surface area contributed by atoms with E-state index in [1.54, 1.807) is 6.92 Å². The van der Waals surface area contributed by atoms with Crippen LogP contribution in [-0.4, -0.2) is 20.4 Å². The minimum atomic E-state index is 0.557. The van der Waals surface area contributed by atoms with E-state index in [1.807, 2.05) is 0 Å². The summed E-state index contributed by atoms with van der Waals surface area (Å²) in [6.07, 6.45) is 0.848. The molecule has 0 atom stereocenters. The first-order valence-corrected chi connectivity index (χ1v) is 3.71. The Bertz CT molecular complexity index is 216. The van der Waals surface area contributed by atoms with Gasteiger partial charge < -0.3 is 0 Å². The molecule has 0 aromatic carbocycles. The monoisotopic (exact) mass is 152 g/mol. The van der Waals surface area contributed by atoms with Crippen LogP contribution in [0, 0.1) is 12.8 Å². The molecule has 0 aliphatic heterocycles. The first-order chi connectivity index (χ1) is 5.18. The Balaban J connectivity index is 2.66. The van der Waals surface area contributed by atoms with Crippen LogP contribution in [0.2, 0.25) is 0 Å². The van der Waals surface area contributed by atoms with E-state index in [0.29, 0.717) is 11.7 Å². The zero-order valence-corrected chi connectivity index (χ0v) is 7.07. The number of aryl methyl sites for hydroxylation is 1. The number of nitrogens with zero attached hydrogens (tertiary/aromatic N) is 4. The Labute approximate surface area is 66.1 Å². The molecule has 0 spiro atoms. The predicted molar refractivity (Wildman–Crippen MR) is 40.9 cm³/mol. The second-order valence-electron chi connectivity index (χ2n) is 2.96. The highest BCUT2D eigenvalue weighted by Crippen LogP contribution is 1.99. The van der Waals surface area contributed by atoms with Crippen LogP contribution < -0.4 is 0 Å². The summed E-state index contributed by atoms with van der Waals surface area (Å²) in [4.78, 5) is 0. The normalized spacial score (nSPS) is 10.5. The van der Waals surface area contributed by atoms with E-state index in [1.165, 1.54) is 0 Å². The molecule has 1 aromatic heterocycles. The number of hydrogen-bond donors (Lipinski definition) is 0. The third kappa shape index (κ3) is 2.57. The van der Waals surface area contributed by atoms with E-state index < -0.39 is 0 Å².